The first-order chi connectivity index (χ1) is 10.1. The lowest BCUT2D eigenvalue weighted by Crippen LogP contribution is -2.39. The van der Waals surface area contributed by atoms with Gasteiger partial charge in [0.1, 0.15) is 0 Å². The van der Waals surface area contributed by atoms with E-state index in [9.17, 15) is 4.79 Å². The molecule has 5 N–H and O–H groups in total. The number of carbonyl (C=O) groups excluding carboxylic acids is 1. The van der Waals surface area contributed by atoms with Crippen molar-refractivity contribution in [3.8, 4) is 0 Å². The predicted molar refractivity (Wildman–Crippen MR) is 85.0 cm³/mol. The quantitative estimate of drug-likeness (QED) is 0.738. The standard InChI is InChI=1S/C17H19N3O/c18-13-6-8-15(16(19)10-13)17(21)20-14-7-5-11-3-1-2-4-12(11)9-14/h1-4,6,8,10,14H,5,7,9,18-19H2,(H,20,21). The largest absolute Gasteiger partial charge is 0.399 e. The molecule has 0 fully saturated rings. The van der Waals surface area contributed by atoms with Crippen LogP contribution in [-0.4, -0.2) is 11.9 Å². The molecule has 108 valence electrons. The maximum atomic E-state index is 12.3. The first-order valence-corrected chi connectivity index (χ1v) is 7.16. The third-order valence-corrected chi connectivity index (χ3v) is 4.00. The van der Waals surface area contributed by atoms with Crippen LogP contribution in [0, 0.1) is 0 Å². The summed E-state index contributed by atoms with van der Waals surface area (Å²) in [6.45, 7) is 0. The van der Waals surface area contributed by atoms with Gasteiger partial charge in [-0.15, -0.1) is 0 Å². The summed E-state index contributed by atoms with van der Waals surface area (Å²) in [6.07, 6.45) is 2.83. The molecule has 3 rings (SSSR count). The molecule has 0 saturated carbocycles. The van der Waals surface area contributed by atoms with Crippen LogP contribution in [0.5, 0.6) is 0 Å². The smallest absolute Gasteiger partial charge is 0.253 e. The van der Waals surface area contributed by atoms with E-state index in [2.05, 4.69) is 23.5 Å². The average molecular weight is 281 g/mol. The molecule has 21 heavy (non-hydrogen) atoms. The van der Waals surface area contributed by atoms with Crippen molar-refractivity contribution in [2.45, 2.75) is 25.3 Å². The molecule has 0 bridgehead atoms. The average Bonchev–Trinajstić information content (AvgIpc) is 2.47. The van der Waals surface area contributed by atoms with E-state index in [0.29, 0.717) is 16.9 Å². The number of aryl methyl sites for hydroxylation is 1. The third-order valence-electron chi connectivity index (χ3n) is 4.00. The highest BCUT2D eigenvalue weighted by molar-refractivity contribution is 5.99. The van der Waals surface area contributed by atoms with Crippen molar-refractivity contribution < 1.29 is 4.79 Å². The van der Waals surface area contributed by atoms with Gasteiger partial charge in [0.15, 0.2) is 0 Å². The van der Waals surface area contributed by atoms with Gasteiger partial charge in [-0.1, -0.05) is 24.3 Å². The number of hydrogen-bond donors (Lipinski definition) is 3. The van der Waals surface area contributed by atoms with Crippen LogP contribution in [0.3, 0.4) is 0 Å². The molecule has 2 aromatic rings. The Hall–Kier alpha value is -2.49. The van der Waals surface area contributed by atoms with Gasteiger partial charge in [-0.2, -0.15) is 0 Å². The van der Waals surface area contributed by atoms with Gasteiger partial charge in [0.2, 0.25) is 0 Å². The molecule has 0 heterocycles. The lowest BCUT2D eigenvalue weighted by molar-refractivity contribution is 0.0934. The van der Waals surface area contributed by atoms with Gasteiger partial charge in [0.25, 0.3) is 5.91 Å². The summed E-state index contributed by atoms with van der Waals surface area (Å²) in [4.78, 5) is 12.3. The van der Waals surface area contributed by atoms with E-state index in [1.54, 1.807) is 18.2 Å². The fourth-order valence-corrected chi connectivity index (χ4v) is 2.87. The number of carbonyl (C=O) groups is 1. The van der Waals surface area contributed by atoms with Gasteiger partial charge in [-0.25, -0.2) is 0 Å². The van der Waals surface area contributed by atoms with Crippen molar-refractivity contribution in [1.82, 2.24) is 5.32 Å². The Morgan fingerprint density at radius 3 is 2.62 bits per heavy atom. The van der Waals surface area contributed by atoms with Gasteiger partial charge in [0.05, 0.1) is 5.56 Å². The maximum absolute atomic E-state index is 12.3. The van der Waals surface area contributed by atoms with E-state index in [-0.39, 0.29) is 11.9 Å². The van der Waals surface area contributed by atoms with Crippen LogP contribution in [-0.2, 0) is 12.8 Å². The number of amides is 1. The van der Waals surface area contributed by atoms with Gasteiger partial charge < -0.3 is 16.8 Å². The lowest BCUT2D eigenvalue weighted by atomic mass is 9.88. The van der Waals surface area contributed by atoms with Gasteiger partial charge in [-0.3, -0.25) is 4.79 Å². The fraction of sp³-hybridized carbons (Fsp3) is 0.235. The summed E-state index contributed by atoms with van der Waals surface area (Å²) in [7, 11) is 0. The first kappa shape index (κ1) is 13.5. The summed E-state index contributed by atoms with van der Waals surface area (Å²) in [5, 5.41) is 3.08. The van der Waals surface area contributed by atoms with Crippen molar-refractivity contribution in [2.24, 2.45) is 0 Å². The van der Waals surface area contributed by atoms with Crippen LogP contribution in [0.15, 0.2) is 42.5 Å². The van der Waals surface area contributed by atoms with Crippen LogP contribution >= 0.6 is 0 Å². The highest BCUT2D eigenvalue weighted by atomic mass is 16.1. The van der Waals surface area contributed by atoms with Crippen LogP contribution < -0.4 is 16.8 Å². The number of rotatable bonds is 2. The topological polar surface area (TPSA) is 81.1 Å². The molecule has 0 radical (unpaired) electrons. The summed E-state index contributed by atoms with van der Waals surface area (Å²) in [5.41, 5.74) is 15.7. The Labute approximate surface area is 124 Å². The number of benzene rings is 2. The van der Waals surface area contributed by atoms with Crippen LogP contribution in [0.1, 0.15) is 27.9 Å². The molecule has 0 spiro atoms. The number of hydrogen-bond acceptors (Lipinski definition) is 3. The van der Waals surface area contributed by atoms with Crippen molar-refractivity contribution in [1.29, 1.82) is 0 Å². The van der Waals surface area contributed by atoms with E-state index in [0.717, 1.165) is 19.3 Å². The molecule has 0 aliphatic heterocycles. The van der Waals surface area contributed by atoms with E-state index in [4.69, 9.17) is 11.5 Å². The molecule has 0 aromatic heterocycles. The van der Waals surface area contributed by atoms with Crippen molar-refractivity contribution >= 4 is 17.3 Å². The number of fused-ring (bicyclic) bond motifs is 1. The Balaban J connectivity index is 1.71. The minimum Gasteiger partial charge on any atom is -0.399 e. The second kappa shape index (κ2) is 5.48. The van der Waals surface area contributed by atoms with Crippen LogP contribution in [0.2, 0.25) is 0 Å². The first-order valence-electron chi connectivity index (χ1n) is 7.16. The highest BCUT2D eigenvalue weighted by Crippen LogP contribution is 2.22. The molecular formula is C17H19N3O. The molecule has 1 aliphatic rings. The molecule has 4 heteroatoms. The minimum absolute atomic E-state index is 0.128. The summed E-state index contributed by atoms with van der Waals surface area (Å²) < 4.78 is 0. The van der Waals surface area contributed by atoms with Crippen molar-refractivity contribution in [2.75, 3.05) is 11.5 Å². The van der Waals surface area contributed by atoms with E-state index in [1.807, 2.05) is 6.07 Å². The van der Waals surface area contributed by atoms with E-state index >= 15 is 0 Å². The minimum atomic E-state index is -0.128. The SMILES string of the molecule is Nc1ccc(C(=O)NC2CCc3ccccc3C2)c(N)c1. The predicted octanol–water partition coefficient (Wildman–Crippen LogP) is 2.14. The molecule has 2 aromatic carbocycles. The van der Waals surface area contributed by atoms with Gasteiger partial charge >= 0.3 is 0 Å². The molecule has 0 saturated heterocycles. The normalized spacial score (nSPS) is 17.0. The highest BCUT2D eigenvalue weighted by Gasteiger charge is 2.21. The zero-order valence-corrected chi connectivity index (χ0v) is 11.8. The Bertz CT molecular complexity index is 681. The van der Waals surface area contributed by atoms with Gasteiger partial charge in [-0.05, 0) is 48.6 Å². The third kappa shape index (κ3) is 2.84. The molecule has 1 atom stereocenters. The summed E-state index contributed by atoms with van der Waals surface area (Å²) >= 11 is 0. The zero-order chi connectivity index (χ0) is 14.8. The molecule has 1 amide bonds. The van der Waals surface area contributed by atoms with Crippen LogP contribution in [0.4, 0.5) is 11.4 Å². The second-order valence-corrected chi connectivity index (χ2v) is 5.53. The molecule has 4 nitrogen and oxygen atoms in total. The van der Waals surface area contributed by atoms with E-state index in [1.165, 1.54) is 11.1 Å². The lowest BCUT2D eigenvalue weighted by Gasteiger charge is -2.25. The summed E-state index contributed by atoms with van der Waals surface area (Å²) in [6, 6.07) is 13.5. The number of nitrogens with two attached hydrogens (primary N) is 2. The van der Waals surface area contributed by atoms with E-state index < -0.39 is 0 Å². The molecule has 1 aliphatic carbocycles. The Morgan fingerprint density at radius 1 is 1.10 bits per heavy atom. The Morgan fingerprint density at radius 2 is 1.86 bits per heavy atom. The number of anilines is 2. The molecular weight excluding hydrogens is 262 g/mol. The Kier molecular flexibility index (Phi) is 3.52. The van der Waals surface area contributed by atoms with Crippen molar-refractivity contribution in [3.05, 3.63) is 59.2 Å². The fourth-order valence-electron chi connectivity index (χ4n) is 2.87. The molecule has 1 unspecified atom stereocenters. The number of nitrogen functional groups attached to an aromatic ring is 2. The number of nitrogens with one attached hydrogen (secondary N) is 1. The summed E-state index contributed by atoms with van der Waals surface area (Å²) in [5.74, 6) is -0.128. The van der Waals surface area contributed by atoms with Crippen LogP contribution in [0.25, 0.3) is 0 Å². The van der Waals surface area contributed by atoms with Crippen molar-refractivity contribution in [3.63, 3.8) is 0 Å². The second-order valence-electron chi connectivity index (χ2n) is 5.53. The zero-order valence-electron chi connectivity index (χ0n) is 11.8. The van der Waals surface area contributed by atoms with Gasteiger partial charge in [0, 0.05) is 17.4 Å². The monoisotopic (exact) mass is 281 g/mol. The maximum Gasteiger partial charge on any atom is 0.253 e.